The number of carbonyl (C=O) groups excluding carboxylic acids is 1. The fourth-order valence-electron chi connectivity index (χ4n) is 1.70. The van der Waals surface area contributed by atoms with Gasteiger partial charge >= 0.3 is 0 Å². The maximum atomic E-state index is 12.1. The molecular weight excluding hydrogens is 204 g/mol. The predicted octanol–water partition coefficient (Wildman–Crippen LogP) is 1.24. The van der Waals surface area contributed by atoms with Crippen molar-refractivity contribution in [3.05, 3.63) is 0 Å². The molecule has 16 heavy (non-hydrogen) atoms. The first-order valence-corrected chi connectivity index (χ1v) is 6.04. The first-order valence-electron chi connectivity index (χ1n) is 6.04. The van der Waals surface area contributed by atoms with E-state index in [2.05, 4.69) is 0 Å². The lowest BCUT2D eigenvalue weighted by molar-refractivity contribution is -0.136. The summed E-state index contributed by atoms with van der Waals surface area (Å²) in [4.78, 5) is 13.9. The van der Waals surface area contributed by atoms with Gasteiger partial charge in [0.25, 0.3) is 0 Å². The van der Waals surface area contributed by atoms with Gasteiger partial charge in [-0.05, 0) is 19.8 Å². The Morgan fingerprint density at radius 1 is 1.38 bits per heavy atom. The van der Waals surface area contributed by atoms with E-state index in [1.165, 1.54) is 0 Å². The first-order chi connectivity index (χ1) is 7.49. The molecule has 0 radical (unpaired) electrons. The van der Waals surface area contributed by atoms with E-state index in [4.69, 9.17) is 10.5 Å². The van der Waals surface area contributed by atoms with Crippen molar-refractivity contribution < 1.29 is 9.53 Å². The second kappa shape index (κ2) is 7.63. The summed E-state index contributed by atoms with van der Waals surface area (Å²) in [6.45, 7) is 9.23. The summed E-state index contributed by atoms with van der Waals surface area (Å²) in [7, 11) is 1.64. The predicted molar refractivity (Wildman–Crippen MR) is 66.2 cm³/mol. The normalized spacial score (nSPS) is 16.6. The Morgan fingerprint density at radius 2 is 1.94 bits per heavy atom. The molecule has 4 nitrogen and oxygen atoms in total. The smallest absolute Gasteiger partial charge is 0.240 e. The Labute approximate surface area is 99.1 Å². The third-order valence-electron chi connectivity index (χ3n) is 3.11. The monoisotopic (exact) mass is 230 g/mol. The van der Waals surface area contributed by atoms with E-state index in [-0.39, 0.29) is 17.9 Å². The molecule has 0 aromatic carbocycles. The van der Waals surface area contributed by atoms with E-state index >= 15 is 0 Å². The summed E-state index contributed by atoms with van der Waals surface area (Å²) in [5.74, 6) is 0.248. The van der Waals surface area contributed by atoms with Gasteiger partial charge in [-0.1, -0.05) is 20.3 Å². The third-order valence-corrected chi connectivity index (χ3v) is 3.11. The van der Waals surface area contributed by atoms with Gasteiger partial charge in [0.15, 0.2) is 0 Å². The van der Waals surface area contributed by atoms with Gasteiger partial charge in [0.05, 0.1) is 18.7 Å². The van der Waals surface area contributed by atoms with Crippen molar-refractivity contribution in [2.45, 2.75) is 46.2 Å². The molecule has 0 spiro atoms. The molecule has 2 unspecified atom stereocenters. The van der Waals surface area contributed by atoms with Gasteiger partial charge in [0, 0.05) is 13.7 Å². The van der Waals surface area contributed by atoms with Crippen LogP contribution in [-0.4, -0.2) is 43.2 Å². The van der Waals surface area contributed by atoms with Crippen molar-refractivity contribution in [2.75, 3.05) is 20.3 Å². The van der Waals surface area contributed by atoms with Gasteiger partial charge in [0.2, 0.25) is 5.91 Å². The topological polar surface area (TPSA) is 55.6 Å². The summed E-state index contributed by atoms with van der Waals surface area (Å²) in [5.41, 5.74) is 5.95. The van der Waals surface area contributed by atoms with Crippen LogP contribution in [0.1, 0.15) is 34.1 Å². The molecular formula is C12H26N2O2. The van der Waals surface area contributed by atoms with Crippen LogP contribution in [0.3, 0.4) is 0 Å². The average Bonchev–Trinajstić information content (AvgIpc) is 2.28. The number of methoxy groups -OCH3 is 1. The molecule has 0 bridgehead atoms. The summed E-state index contributed by atoms with van der Waals surface area (Å²) in [6.07, 6.45) is 0.920. The van der Waals surface area contributed by atoms with Crippen LogP contribution in [0, 0.1) is 5.92 Å². The number of amides is 1. The number of hydrogen-bond acceptors (Lipinski definition) is 3. The van der Waals surface area contributed by atoms with E-state index in [0.29, 0.717) is 13.2 Å². The van der Waals surface area contributed by atoms with Crippen molar-refractivity contribution in [1.29, 1.82) is 0 Å². The van der Waals surface area contributed by atoms with Gasteiger partial charge in [-0.3, -0.25) is 4.79 Å². The summed E-state index contributed by atoms with van der Waals surface area (Å²) in [6, 6.07) is -0.318. The highest BCUT2D eigenvalue weighted by Crippen LogP contribution is 2.10. The molecule has 0 aliphatic heterocycles. The second-order valence-electron chi connectivity index (χ2n) is 4.34. The number of nitrogens with two attached hydrogens (primary N) is 1. The molecule has 0 fully saturated rings. The van der Waals surface area contributed by atoms with Crippen molar-refractivity contribution >= 4 is 5.91 Å². The molecule has 1 amide bonds. The van der Waals surface area contributed by atoms with Crippen LogP contribution in [0.2, 0.25) is 0 Å². The van der Waals surface area contributed by atoms with E-state index in [1.807, 2.05) is 27.7 Å². The summed E-state index contributed by atoms with van der Waals surface area (Å²) >= 11 is 0. The van der Waals surface area contributed by atoms with Crippen molar-refractivity contribution in [2.24, 2.45) is 11.7 Å². The molecule has 0 heterocycles. The lowest BCUT2D eigenvalue weighted by Crippen LogP contribution is -2.51. The number of carbonyl (C=O) groups is 1. The lowest BCUT2D eigenvalue weighted by Gasteiger charge is -2.31. The molecule has 3 atom stereocenters. The largest absolute Gasteiger partial charge is 0.383 e. The third kappa shape index (κ3) is 4.10. The molecule has 2 N–H and O–H groups in total. The molecule has 0 aliphatic rings. The summed E-state index contributed by atoms with van der Waals surface area (Å²) in [5, 5.41) is 0. The number of ether oxygens (including phenoxy) is 1. The van der Waals surface area contributed by atoms with Crippen LogP contribution in [0.15, 0.2) is 0 Å². The number of likely N-dealkylation sites (N-methyl/N-ethyl adjacent to an activating group) is 1. The fourth-order valence-corrected chi connectivity index (χ4v) is 1.70. The Balaban J connectivity index is 4.51. The Morgan fingerprint density at radius 3 is 2.31 bits per heavy atom. The van der Waals surface area contributed by atoms with Crippen LogP contribution in [0.25, 0.3) is 0 Å². The SMILES string of the molecule is CCC(C)[C@H](N)C(=O)N(CC)C(C)COC. The van der Waals surface area contributed by atoms with E-state index in [0.717, 1.165) is 6.42 Å². The minimum absolute atomic E-state index is 0.0291. The van der Waals surface area contributed by atoms with Gasteiger partial charge in [-0.15, -0.1) is 0 Å². The zero-order chi connectivity index (χ0) is 12.7. The van der Waals surface area contributed by atoms with Crippen molar-refractivity contribution in [3.8, 4) is 0 Å². The van der Waals surface area contributed by atoms with Crippen LogP contribution in [0.5, 0.6) is 0 Å². The maximum Gasteiger partial charge on any atom is 0.240 e. The fraction of sp³-hybridized carbons (Fsp3) is 0.917. The summed E-state index contributed by atoms with van der Waals surface area (Å²) < 4.78 is 5.07. The van der Waals surface area contributed by atoms with Crippen LogP contribution in [0.4, 0.5) is 0 Å². The van der Waals surface area contributed by atoms with E-state index < -0.39 is 6.04 Å². The zero-order valence-corrected chi connectivity index (χ0v) is 11.2. The highest BCUT2D eigenvalue weighted by molar-refractivity contribution is 5.82. The van der Waals surface area contributed by atoms with Crippen LogP contribution >= 0.6 is 0 Å². The first kappa shape index (κ1) is 15.4. The standard InChI is InChI=1S/C12H26N2O2/c1-6-9(3)11(13)12(15)14(7-2)10(4)8-16-5/h9-11H,6-8,13H2,1-5H3/t9?,10?,11-/m0/s1. The van der Waals surface area contributed by atoms with Crippen LogP contribution < -0.4 is 5.73 Å². The van der Waals surface area contributed by atoms with E-state index in [9.17, 15) is 4.79 Å². The highest BCUT2D eigenvalue weighted by Gasteiger charge is 2.26. The van der Waals surface area contributed by atoms with E-state index in [1.54, 1.807) is 12.0 Å². The molecule has 4 heteroatoms. The molecule has 0 aliphatic carbocycles. The number of nitrogens with zero attached hydrogens (tertiary/aromatic N) is 1. The minimum atomic E-state index is -0.399. The Bertz CT molecular complexity index is 209. The Kier molecular flexibility index (Phi) is 7.34. The average molecular weight is 230 g/mol. The molecule has 0 aromatic rings. The number of hydrogen-bond donors (Lipinski definition) is 1. The minimum Gasteiger partial charge on any atom is -0.383 e. The highest BCUT2D eigenvalue weighted by atomic mass is 16.5. The molecule has 0 saturated heterocycles. The van der Waals surface area contributed by atoms with Gasteiger partial charge in [-0.2, -0.15) is 0 Å². The Hall–Kier alpha value is -0.610. The van der Waals surface area contributed by atoms with Gasteiger partial charge in [-0.25, -0.2) is 0 Å². The molecule has 0 saturated carbocycles. The molecule has 96 valence electrons. The quantitative estimate of drug-likeness (QED) is 0.716. The van der Waals surface area contributed by atoms with Gasteiger partial charge in [0.1, 0.15) is 0 Å². The lowest BCUT2D eigenvalue weighted by atomic mass is 9.98. The zero-order valence-electron chi connectivity index (χ0n) is 11.2. The molecule has 0 rings (SSSR count). The van der Waals surface area contributed by atoms with Gasteiger partial charge < -0.3 is 15.4 Å². The second-order valence-corrected chi connectivity index (χ2v) is 4.34. The maximum absolute atomic E-state index is 12.1. The number of rotatable bonds is 7. The van der Waals surface area contributed by atoms with Crippen molar-refractivity contribution in [1.82, 2.24) is 4.90 Å². The van der Waals surface area contributed by atoms with Crippen LogP contribution in [-0.2, 0) is 9.53 Å². The molecule has 0 aromatic heterocycles. The van der Waals surface area contributed by atoms with Crippen molar-refractivity contribution in [3.63, 3.8) is 0 Å².